The molecule has 0 aromatic heterocycles. The average molecular weight is 293 g/mol. The third-order valence-corrected chi connectivity index (χ3v) is 5.88. The maximum Gasteiger partial charge on any atom is 0.220 e. The van der Waals surface area contributed by atoms with Crippen LogP contribution in [0, 0.1) is 0 Å². The highest BCUT2D eigenvalue weighted by Crippen LogP contribution is 2.21. The Bertz CT molecular complexity index is 378. The van der Waals surface area contributed by atoms with Crippen LogP contribution in [0.4, 0.5) is 0 Å². The summed E-state index contributed by atoms with van der Waals surface area (Å²) < 4.78 is 26.1. The van der Waals surface area contributed by atoms with Crippen LogP contribution in [-0.2, 0) is 10.0 Å². The fourth-order valence-electron chi connectivity index (χ4n) is 2.17. The highest BCUT2D eigenvalue weighted by molar-refractivity contribution is 7.93. The zero-order valence-electron chi connectivity index (χ0n) is 11.1. The first-order chi connectivity index (χ1) is 8.34. The van der Waals surface area contributed by atoms with Crippen LogP contribution in [0.1, 0.15) is 32.6 Å². The molecular weight excluding hydrogens is 270 g/mol. The number of nitrogens with zero attached hydrogens (tertiary/aromatic N) is 1. The van der Waals surface area contributed by atoms with Gasteiger partial charge in [0.25, 0.3) is 0 Å². The van der Waals surface area contributed by atoms with Crippen molar-refractivity contribution in [1.82, 2.24) is 9.62 Å². The Labute approximate surface area is 115 Å². The van der Waals surface area contributed by atoms with Crippen LogP contribution in [0.25, 0.3) is 0 Å². The number of sulfonamides is 1. The summed E-state index contributed by atoms with van der Waals surface area (Å²) in [6.45, 7) is 2.63. The molecule has 0 aromatic carbocycles. The maximum atomic E-state index is 11.8. The molecule has 0 radical (unpaired) electrons. The van der Waals surface area contributed by atoms with E-state index in [1.54, 1.807) is 0 Å². The second kappa shape index (κ2) is 6.79. The summed E-state index contributed by atoms with van der Waals surface area (Å²) in [4.78, 5) is 2.23. The van der Waals surface area contributed by atoms with E-state index in [0.29, 0.717) is 19.1 Å². The van der Waals surface area contributed by atoms with Crippen LogP contribution in [0.2, 0.25) is 0 Å². The number of nitrogens with two attached hydrogens (primary N) is 1. The fourth-order valence-corrected chi connectivity index (χ4v) is 3.48. The van der Waals surface area contributed by atoms with Gasteiger partial charge in [0.05, 0.1) is 4.99 Å². The third-order valence-electron chi connectivity index (χ3n) is 3.58. The van der Waals surface area contributed by atoms with Gasteiger partial charge in [0.1, 0.15) is 5.25 Å². The number of rotatable bonds is 7. The van der Waals surface area contributed by atoms with Crippen molar-refractivity contribution < 1.29 is 8.42 Å². The van der Waals surface area contributed by atoms with Crippen molar-refractivity contribution >= 4 is 27.2 Å². The second-order valence-electron chi connectivity index (χ2n) is 4.90. The van der Waals surface area contributed by atoms with Gasteiger partial charge in [-0.15, -0.1) is 0 Å². The van der Waals surface area contributed by atoms with E-state index < -0.39 is 15.3 Å². The number of thiocarbonyl (C=S) groups is 1. The second-order valence-corrected chi connectivity index (χ2v) is 7.46. The molecule has 18 heavy (non-hydrogen) atoms. The van der Waals surface area contributed by atoms with E-state index in [-0.39, 0.29) is 4.99 Å². The summed E-state index contributed by atoms with van der Waals surface area (Å²) in [6, 6.07) is 0.600. The summed E-state index contributed by atoms with van der Waals surface area (Å²) in [7, 11) is -1.38. The lowest BCUT2D eigenvalue weighted by molar-refractivity contribution is 0.250. The molecule has 5 nitrogen and oxygen atoms in total. The van der Waals surface area contributed by atoms with E-state index in [9.17, 15) is 8.42 Å². The number of nitrogens with one attached hydrogen (secondary N) is 1. The monoisotopic (exact) mass is 293 g/mol. The van der Waals surface area contributed by atoms with Gasteiger partial charge < -0.3 is 10.6 Å². The molecule has 0 saturated heterocycles. The number of hydrogen-bond acceptors (Lipinski definition) is 4. The lowest BCUT2D eigenvalue weighted by Gasteiger charge is -2.24. The molecule has 7 heteroatoms. The first-order valence-corrected chi connectivity index (χ1v) is 8.28. The van der Waals surface area contributed by atoms with Crippen molar-refractivity contribution in [1.29, 1.82) is 0 Å². The molecule has 106 valence electrons. The maximum absolute atomic E-state index is 11.8. The minimum absolute atomic E-state index is 0.00616. The van der Waals surface area contributed by atoms with Gasteiger partial charge in [-0.1, -0.05) is 25.1 Å². The van der Waals surface area contributed by atoms with Gasteiger partial charge in [-0.2, -0.15) is 0 Å². The molecule has 0 bridgehead atoms. The highest BCUT2D eigenvalue weighted by atomic mass is 32.2. The topological polar surface area (TPSA) is 75.4 Å². The molecule has 1 aliphatic carbocycles. The lowest BCUT2D eigenvalue weighted by Crippen LogP contribution is -2.43. The Balaban J connectivity index is 2.34. The Morgan fingerprint density at radius 1 is 1.50 bits per heavy atom. The Kier molecular flexibility index (Phi) is 5.97. The SMILES string of the molecule is CC(C(N)=S)S(=O)(=O)NCCN(C)C1CCCC1. The van der Waals surface area contributed by atoms with Crippen molar-refractivity contribution in [2.75, 3.05) is 20.1 Å². The van der Waals surface area contributed by atoms with Gasteiger partial charge in [0, 0.05) is 19.1 Å². The smallest absolute Gasteiger partial charge is 0.220 e. The molecular formula is C11H23N3O2S2. The highest BCUT2D eigenvalue weighted by Gasteiger charge is 2.23. The van der Waals surface area contributed by atoms with E-state index >= 15 is 0 Å². The zero-order chi connectivity index (χ0) is 13.8. The molecule has 0 heterocycles. The molecule has 1 aliphatic rings. The van der Waals surface area contributed by atoms with E-state index in [1.807, 2.05) is 7.05 Å². The van der Waals surface area contributed by atoms with Gasteiger partial charge in [0.2, 0.25) is 10.0 Å². The predicted octanol–water partition coefficient (Wildman–Crippen LogP) is 0.455. The van der Waals surface area contributed by atoms with Gasteiger partial charge in [-0.25, -0.2) is 13.1 Å². The van der Waals surface area contributed by atoms with Crippen molar-refractivity contribution in [2.45, 2.75) is 43.9 Å². The van der Waals surface area contributed by atoms with Gasteiger partial charge in [-0.05, 0) is 26.8 Å². The molecule has 0 aromatic rings. The molecule has 0 spiro atoms. The molecule has 0 amide bonds. The van der Waals surface area contributed by atoms with Crippen LogP contribution < -0.4 is 10.5 Å². The molecule has 3 N–H and O–H groups in total. The minimum Gasteiger partial charge on any atom is -0.392 e. The predicted molar refractivity (Wildman–Crippen MR) is 78.1 cm³/mol. The molecule has 0 aliphatic heterocycles. The number of hydrogen-bond donors (Lipinski definition) is 2. The summed E-state index contributed by atoms with van der Waals surface area (Å²) in [5, 5.41) is -0.815. The van der Waals surface area contributed by atoms with Crippen LogP contribution in [0.15, 0.2) is 0 Å². The average Bonchev–Trinajstić information content (AvgIpc) is 2.80. The molecule has 1 saturated carbocycles. The van der Waals surface area contributed by atoms with Crippen molar-refractivity contribution in [3.05, 3.63) is 0 Å². The van der Waals surface area contributed by atoms with Crippen molar-refractivity contribution in [3.63, 3.8) is 0 Å². The summed E-state index contributed by atoms with van der Waals surface area (Å²) in [5.74, 6) is 0. The number of likely N-dealkylation sites (N-methyl/N-ethyl adjacent to an activating group) is 1. The first kappa shape index (κ1) is 15.8. The Morgan fingerprint density at radius 2 is 2.06 bits per heavy atom. The van der Waals surface area contributed by atoms with Gasteiger partial charge in [0.15, 0.2) is 0 Å². The summed E-state index contributed by atoms with van der Waals surface area (Å²) in [5.41, 5.74) is 5.36. The first-order valence-electron chi connectivity index (χ1n) is 6.32. The van der Waals surface area contributed by atoms with Crippen LogP contribution in [0.5, 0.6) is 0 Å². The molecule has 1 fully saturated rings. The zero-order valence-corrected chi connectivity index (χ0v) is 12.7. The normalized spacial score (nSPS) is 19.3. The van der Waals surface area contributed by atoms with Gasteiger partial charge in [-0.3, -0.25) is 0 Å². The van der Waals surface area contributed by atoms with Gasteiger partial charge >= 0.3 is 0 Å². The quantitative estimate of drug-likeness (QED) is 0.667. The summed E-state index contributed by atoms with van der Waals surface area (Å²) in [6.07, 6.45) is 4.98. The van der Waals surface area contributed by atoms with Crippen LogP contribution in [-0.4, -0.2) is 49.7 Å². The lowest BCUT2D eigenvalue weighted by atomic mass is 10.2. The van der Waals surface area contributed by atoms with Crippen molar-refractivity contribution in [2.24, 2.45) is 5.73 Å². The Morgan fingerprint density at radius 3 is 2.56 bits per heavy atom. The Hall–Kier alpha value is -0.240. The largest absolute Gasteiger partial charge is 0.392 e. The van der Waals surface area contributed by atoms with Crippen LogP contribution >= 0.6 is 12.2 Å². The van der Waals surface area contributed by atoms with E-state index in [2.05, 4.69) is 9.62 Å². The van der Waals surface area contributed by atoms with E-state index in [4.69, 9.17) is 18.0 Å². The summed E-state index contributed by atoms with van der Waals surface area (Å²) >= 11 is 4.70. The third kappa shape index (κ3) is 4.46. The van der Waals surface area contributed by atoms with Crippen LogP contribution in [0.3, 0.4) is 0 Å². The molecule has 1 rings (SSSR count). The minimum atomic E-state index is -3.42. The standard InChI is InChI=1S/C11H23N3O2S2/c1-9(11(12)17)18(15,16)13-7-8-14(2)10-5-3-4-6-10/h9-10,13H,3-8H2,1-2H3,(H2,12,17). The molecule has 1 unspecified atom stereocenters. The fraction of sp³-hybridized carbons (Fsp3) is 0.909. The van der Waals surface area contributed by atoms with E-state index in [1.165, 1.54) is 32.6 Å². The van der Waals surface area contributed by atoms with E-state index in [0.717, 1.165) is 0 Å². The van der Waals surface area contributed by atoms with Crippen molar-refractivity contribution in [3.8, 4) is 0 Å². The molecule has 1 atom stereocenters.